The number of amides is 1. The summed E-state index contributed by atoms with van der Waals surface area (Å²) in [4.78, 5) is 17.4. The van der Waals surface area contributed by atoms with Gasteiger partial charge in [0, 0.05) is 26.0 Å². The van der Waals surface area contributed by atoms with Crippen molar-refractivity contribution in [3.8, 4) is 0 Å². The maximum Gasteiger partial charge on any atom is 0.253 e. The quantitative estimate of drug-likeness (QED) is 0.882. The fraction of sp³-hybridized carbons (Fsp3) is 0.619. The lowest BCUT2D eigenvalue weighted by molar-refractivity contribution is -0.0960. The number of hydrogen-bond acceptors (Lipinski definition) is 2. The van der Waals surface area contributed by atoms with Crippen molar-refractivity contribution < 1.29 is 4.79 Å². The smallest absolute Gasteiger partial charge is 0.253 e. The van der Waals surface area contributed by atoms with Crippen LogP contribution in [-0.4, -0.2) is 22.0 Å². The molecule has 2 aromatic heterocycles. The molecular weight excluding hydrogens is 346 g/mol. The van der Waals surface area contributed by atoms with E-state index in [2.05, 4.69) is 10.3 Å². The largest absolute Gasteiger partial charge is 0.351 e. The molecular formula is C21H24ClN3O. The number of pyridine rings is 1. The molecule has 4 aliphatic rings. The maximum absolute atomic E-state index is 13.0. The molecule has 136 valence electrons. The molecule has 5 heteroatoms. The summed E-state index contributed by atoms with van der Waals surface area (Å²) >= 11 is 6.37. The van der Waals surface area contributed by atoms with E-state index in [1.807, 2.05) is 17.8 Å². The van der Waals surface area contributed by atoms with Gasteiger partial charge in [-0.2, -0.15) is 0 Å². The molecule has 1 amide bonds. The van der Waals surface area contributed by atoms with E-state index in [0.29, 0.717) is 21.4 Å². The summed E-state index contributed by atoms with van der Waals surface area (Å²) < 4.78 is 1.89. The highest BCUT2D eigenvalue weighted by molar-refractivity contribution is 6.36. The molecule has 1 spiro atoms. The summed E-state index contributed by atoms with van der Waals surface area (Å²) in [5.74, 6) is 2.82. The molecule has 4 fully saturated rings. The average molecular weight is 370 g/mol. The number of rotatable bonds is 3. The highest BCUT2D eigenvalue weighted by Crippen LogP contribution is 2.80. The Hall–Kier alpha value is -1.55. The third kappa shape index (κ3) is 1.72. The van der Waals surface area contributed by atoms with Gasteiger partial charge in [-0.25, -0.2) is 4.98 Å². The number of carbonyl (C=O) groups is 1. The summed E-state index contributed by atoms with van der Waals surface area (Å²) in [5, 5.41) is 4.66. The van der Waals surface area contributed by atoms with Crippen molar-refractivity contribution in [2.45, 2.75) is 38.5 Å². The van der Waals surface area contributed by atoms with Gasteiger partial charge in [0.2, 0.25) is 0 Å². The van der Waals surface area contributed by atoms with Crippen molar-refractivity contribution >= 4 is 28.5 Å². The van der Waals surface area contributed by atoms with Gasteiger partial charge in [0.05, 0.1) is 16.0 Å². The summed E-state index contributed by atoms with van der Waals surface area (Å²) in [7, 11) is 1.91. The lowest BCUT2D eigenvalue weighted by Gasteiger charge is -2.59. The van der Waals surface area contributed by atoms with Crippen LogP contribution in [0.15, 0.2) is 18.5 Å². The van der Waals surface area contributed by atoms with Gasteiger partial charge < -0.3 is 9.88 Å². The molecule has 5 atom stereocenters. The van der Waals surface area contributed by atoms with Crippen LogP contribution >= 0.6 is 11.6 Å². The number of nitrogens with zero attached hydrogens (tertiary/aromatic N) is 2. The van der Waals surface area contributed by atoms with Crippen LogP contribution in [0.3, 0.4) is 0 Å². The van der Waals surface area contributed by atoms with E-state index < -0.39 is 0 Å². The second-order valence-corrected chi connectivity index (χ2v) is 9.89. The molecule has 0 radical (unpaired) electrons. The van der Waals surface area contributed by atoms with E-state index >= 15 is 0 Å². The minimum Gasteiger partial charge on any atom is -0.351 e. The fourth-order valence-corrected chi connectivity index (χ4v) is 7.92. The Balaban J connectivity index is 1.29. The lowest BCUT2D eigenvalue weighted by Crippen LogP contribution is -2.57. The molecule has 0 aromatic carbocycles. The number of carbonyl (C=O) groups excluding carboxylic acids is 1. The maximum atomic E-state index is 13.0. The number of hydrogen-bond donors (Lipinski definition) is 1. The lowest BCUT2D eigenvalue weighted by atomic mass is 9.46. The van der Waals surface area contributed by atoms with Crippen LogP contribution in [0.5, 0.6) is 0 Å². The summed E-state index contributed by atoms with van der Waals surface area (Å²) in [6, 6.07) is 1.76. The molecule has 26 heavy (non-hydrogen) atoms. The van der Waals surface area contributed by atoms with Crippen LogP contribution < -0.4 is 5.32 Å². The molecule has 3 bridgehead atoms. The number of nitrogens with one attached hydrogen (secondary N) is 1. The van der Waals surface area contributed by atoms with E-state index in [0.717, 1.165) is 35.3 Å². The van der Waals surface area contributed by atoms with Crippen LogP contribution in [0.25, 0.3) is 11.0 Å². The molecule has 2 heterocycles. The SMILES string of the molecule is Cn1cc(C(=O)NCC23CC4CC5CC(C2)C3(C5)C4)c2c(Cl)ccnc21. The van der Waals surface area contributed by atoms with Crippen LogP contribution in [0, 0.1) is 28.6 Å². The minimum atomic E-state index is -0.00396. The van der Waals surface area contributed by atoms with E-state index in [4.69, 9.17) is 11.6 Å². The second-order valence-electron chi connectivity index (χ2n) is 9.48. The molecule has 0 aliphatic heterocycles. The molecule has 4 nitrogen and oxygen atoms in total. The Morgan fingerprint density at radius 2 is 2.15 bits per heavy atom. The predicted octanol–water partition coefficient (Wildman–Crippen LogP) is 4.17. The van der Waals surface area contributed by atoms with Crippen molar-refractivity contribution in [1.82, 2.24) is 14.9 Å². The number of halogens is 1. The van der Waals surface area contributed by atoms with Crippen LogP contribution in [0.4, 0.5) is 0 Å². The molecule has 0 saturated heterocycles. The van der Waals surface area contributed by atoms with E-state index in [-0.39, 0.29) is 5.91 Å². The summed E-state index contributed by atoms with van der Waals surface area (Å²) in [6.45, 7) is 0.833. The third-order valence-corrected chi connectivity index (χ3v) is 8.70. The molecule has 4 saturated carbocycles. The average Bonchev–Trinajstić information content (AvgIpc) is 3.12. The normalized spacial score (nSPS) is 39.2. The van der Waals surface area contributed by atoms with E-state index in [1.54, 1.807) is 12.3 Å². The van der Waals surface area contributed by atoms with Gasteiger partial charge in [0.15, 0.2) is 0 Å². The summed E-state index contributed by atoms with van der Waals surface area (Å²) in [5.41, 5.74) is 2.34. The predicted molar refractivity (Wildman–Crippen MR) is 101 cm³/mol. The Morgan fingerprint density at radius 1 is 1.31 bits per heavy atom. The van der Waals surface area contributed by atoms with Gasteiger partial charge in [0.1, 0.15) is 5.65 Å². The number of aryl methyl sites for hydroxylation is 1. The van der Waals surface area contributed by atoms with Crippen molar-refractivity contribution in [1.29, 1.82) is 0 Å². The Labute approximate surface area is 158 Å². The zero-order valence-electron chi connectivity index (χ0n) is 15.1. The fourth-order valence-electron chi connectivity index (χ4n) is 7.68. The number of aromatic nitrogens is 2. The Kier molecular flexibility index (Phi) is 2.88. The van der Waals surface area contributed by atoms with Crippen LogP contribution in [0.1, 0.15) is 48.9 Å². The highest BCUT2D eigenvalue weighted by atomic mass is 35.5. The van der Waals surface area contributed by atoms with Gasteiger partial charge in [-0.3, -0.25) is 4.79 Å². The first-order chi connectivity index (χ1) is 12.5. The Morgan fingerprint density at radius 3 is 3.04 bits per heavy atom. The van der Waals surface area contributed by atoms with Gasteiger partial charge in [0.25, 0.3) is 5.91 Å². The first kappa shape index (κ1) is 15.5. The van der Waals surface area contributed by atoms with Gasteiger partial charge >= 0.3 is 0 Å². The molecule has 1 N–H and O–H groups in total. The zero-order chi connectivity index (χ0) is 17.7. The molecule has 6 rings (SSSR count). The first-order valence-electron chi connectivity index (χ1n) is 9.89. The van der Waals surface area contributed by atoms with Gasteiger partial charge in [-0.15, -0.1) is 0 Å². The van der Waals surface area contributed by atoms with E-state index in [1.165, 1.54) is 38.5 Å². The van der Waals surface area contributed by atoms with Crippen LogP contribution in [-0.2, 0) is 7.05 Å². The summed E-state index contributed by atoms with van der Waals surface area (Å²) in [6.07, 6.45) is 12.0. The van der Waals surface area contributed by atoms with Crippen LogP contribution in [0.2, 0.25) is 5.02 Å². The van der Waals surface area contributed by atoms with Crippen molar-refractivity contribution in [2.75, 3.05) is 6.54 Å². The van der Waals surface area contributed by atoms with Crippen molar-refractivity contribution in [3.63, 3.8) is 0 Å². The molecule has 5 unspecified atom stereocenters. The topological polar surface area (TPSA) is 46.9 Å². The second kappa shape index (κ2) is 4.83. The Bertz CT molecular complexity index is 946. The molecule has 4 aliphatic carbocycles. The van der Waals surface area contributed by atoms with Crippen molar-refractivity contribution in [3.05, 3.63) is 29.0 Å². The third-order valence-electron chi connectivity index (χ3n) is 8.38. The van der Waals surface area contributed by atoms with Gasteiger partial charge in [-0.1, -0.05) is 11.6 Å². The monoisotopic (exact) mass is 369 g/mol. The first-order valence-corrected chi connectivity index (χ1v) is 10.3. The highest BCUT2D eigenvalue weighted by Gasteiger charge is 2.73. The standard InChI is InChI=1S/C21H24ClN3O/c1-25-10-15(17-16(22)2-3-23-18(17)25)19(26)24-11-20-6-13-4-12-5-14(9-20)21(20,7-12)8-13/h2-3,10,12-14H,4-9,11H2,1H3,(H,24,26). The zero-order valence-corrected chi connectivity index (χ0v) is 15.9. The van der Waals surface area contributed by atoms with E-state index in [9.17, 15) is 4.79 Å². The number of fused-ring (bicyclic) bond motifs is 3. The minimum absolute atomic E-state index is 0.00396. The van der Waals surface area contributed by atoms with Gasteiger partial charge in [-0.05, 0) is 73.2 Å². The molecule has 2 aromatic rings. The van der Waals surface area contributed by atoms with Crippen molar-refractivity contribution in [2.24, 2.45) is 35.6 Å².